The van der Waals surface area contributed by atoms with Gasteiger partial charge in [-0.25, -0.2) is 4.79 Å². The molecule has 0 saturated carbocycles. The summed E-state index contributed by atoms with van der Waals surface area (Å²) in [4.78, 5) is 14.9. The number of amides is 1. The van der Waals surface area contributed by atoms with Crippen molar-refractivity contribution in [1.82, 2.24) is 10.2 Å². The number of carbonyl (C=O) groups is 1. The van der Waals surface area contributed by atoms with E-state index in [2.05, 4.69) is 95.4 Å². The van der Waals surface area contributed by atoms with Gasteiger partial charge in [0.2, 0.25) is 0 Å². The third kappa shape index (κ3) is 8.68. The molecule has 0 aromatic heterocycles. The molecule has 1 fully saturated rings. The van der Waals surface area contributed by atoms with Gasteiger partial charge in [-0.1, -0.05) is 96.5 Å². The highest BCUT2D eigenvalue weighted by atomic mass is 16.6. The Hall–Kier alpha value is -2.33. The second kappa shape index (κ2) is 12.1. The van der Waals surface area contributed by atoms with Crippen LogP contribution in [0.25, 0.3) is 0 Å². The Balaban J connectivity index is 1.52. The fourth-order valence-electron chi connectivity index (χ4n) is 4.49. The van der Waals surface area contributed by atoms with Crippen LogP contribution in [0.3, 0.4) is 0 Å². The number of carbonyl (C=O) groups excluding carboxylic acids is 1. The lowest BCUT2D eigenvalue weighted by molar-refractivity contribution is 0.0538. The summed E-state index contributed by atoms with van der Waals surface area (Å²) in [7, 11) is 0. The maximum absolute atomic E-state index is 13.0. The minimum atomic E-state index is -0.206. The number of rotatable bonds is 9. The quantitative estimate of drug-likeness (QED) is 0.383. The van der Waals surface area contributed by atoms with Crippen molar-refractivity contribution in [2.75, 3.05) is 13.1 Å². The summed E-state index contributed by atoms with van der Waals surface area (Å²) in [5.74, 6) is 0. The number of ether oxygens (including phenoxy) is 1. The molecule has 1 saturated heterocycles. The maximum atomic E-state index is 13.0. The van der Waals surface area contributed by atoms with E-state index in [-0.39, 0.29) is 23.2 Å². The van der Waals surface area contributed by atoms with Crippen molar-refractivity contribution in [3.8, 4) is 0 Å². The van der Waals surface area contributed by atoms with Gasteiger partial charge >= 0.3 is 6.09 Å². The molecule has 1 N–H and O–H groups in total. The van der Waals surface area contributed by atoms with Crippen LogP contribution in [0.4, 0.5) is 4.79 Å². The van der Waals surface area contributed by atoms with Crippen molar-refractivity contribution in [2.24, 2.45) is 0 Å². The van der Waals surface area contributed by atoms with Crippen LogP contribution >= 0.6 is 0 Å². The zero-order valence-electron chi connectivity index (χ0n) is 22.8. The summed E-state index contributed by atoms with van der Waals surface area (Å²) < 4.78 is 5.76. The Kier molecular flexibility index (Phi) is 9.40. The Morgan fingerprint density at radius 3 is 1.94 bits per heavy atom. The van der Waals surface area contributed by atoms with E-state index in [4.69, 9.17) is 4.74 Å². The summed E-state index contributed by atoms with van der Waals surface area (Å²) >= 11 is 0. The smallest absolute Gasteiger partial charge is 0.411 e. The average molecular weight is 479 g/mol. The largest absolute Gasteiger partial charge is 0.430 e. The van der Waals surface area contributed by atoms with Gasteiger partial charge in [-0.05, 0) is 71.7 Å². The van der Waals surface area contributed by atoms with E-state index in [1.807, 2.05) is 4.90 Å². The zero-order chi connectivity index (χ0) is 25.5. The molecule has 0 radical (unpaired) electrons. The van der Waals surface area contributed by atoms with Crippen molar-refractivity contribution < 1.29 is 9.53 Å². The zero-order valence-corrected chi connectivity index (χ0v) is 22.8. The van der Waals surface area contributed by atoms with Gasteiger partial charge in [0.15, 0.2) is 6.23 Å². The molecular formula is C31H46N2O2. The highest BCUT2D eigenvalue weighted by Crippen LogP contribution is 2.24. The van der Waals surface area contributed by atoms with Crippen LogP contribution in [-0.2, 0) is 28.5 Å². The normalized spacial score (nSPS) is 16.3. The molecule has 35 heavy (non-hydrogen) atoms. The van der Waals surface area contributed by atoms with Gasteiger partial charge < -0.3 is 9.64 Å². The predicted molar refractivity (Wildman–Crippen MR) is 146 cm³/mol. The number of hydrogen-bond acceptors (Lipinski definition) is 3. The Morgan fingerprint density at radius 1 is 0.857 bits per heavy atom. The Morgan fingerprint density at radius 2 is 1.43 bits per heavy atom. The number of nitrogens with one attached hydrogen (secondary N) is 1. The van der Waals surface area contributed by atoms with E-state index < -0.39 is 0 Å². The van der Waals surface area contributed by atoms with Crippen molar-refractivity contribution in [3.63, 3.8) is 0 Å². The monoisotopic (exact) mass is 478 g/mol. The first kappa shape index (κ1) is 27.3. The summed E-state index contributed by atoms with van der Waals surface area (Å²) in [6.45, 7) is 15.6. The van der Waals surface area contributed by atoms with Gasteiger partial charge in [0.25, 0.3) is 0 Å². The molecule has 0 bridgehead atoms. The molecule has 2 aromatic carbocycles. The Labute approximate surface area is 213 Å². The molecular weight excluding hydrogens is 432 g/mol. The van der Waals surface area contributed by atoms with Gasteiger partial charge in [0.1, 0.15) is 0 Å². The predicted octanol–water partition coefficient (Wildman–Crippen LogP) is 7.34. The van der Waals surface area contributed by atoms with E-state index in [0.29, 0.717) is 6.54 Å². The van der Waals surface area contributed by atoms with Crippen LogP contribution in [-0.4, -0.2) is 30.3 Å². The molecule has 4 nitrogen and oxygen atoms in total. The lowest BCUT2D eigenvalue weighted by Gasteiger charge is -2.25. The van der Waals surface area contributed by atoms with E-state index in [9.17, 15) is 4.79 Å². The number of unbranched alkanes of at least 4 members (excludes halogenated alkanes) is 2. The lowest BCUT2D eigenvalue weighted by Crippen LogP contribution is -2.37. The molecule has 3 rings (SSSR count). The Bertz CT molecular complexity index is 914. The van der Waals surface area contributed by atoms with Crippen molar-refractivity contribution in [1.29, 1.82) is 0 Å². The summed E-state index contributed by atoms with van der Waals surface area (Å²) in [5.41, 5.74) is 5.54. The van der Waals surface area contributed by atoms with E-state index in [0.717, 1.165) is 57.2 Å². The second-order valence-corrected chi connectivity index (χ2v) is 12.1. The van der Waals surface area contributed by atoms with E-state index in [1.54, 1.807) is 0 Å². The van der Waals surface area contributed by atoms with Crippen LogP contribution < -0.4 is 5.32 Å². The number of benzene rings is 2. The van der Waals surface area contributed by atoms with Crippen molar-refractivity contribution in [3.05, 3.63) is 70.8 Å². The molecule has 4 heteroatoms. The second-order valence-electron chi connectivity index (χ2n) is 12.1. The van der Waals surface area contributed by atoms with Crippen LogP contribution in [0, 0.1) is 0 Å². The third-order valence-corrected chi connectivity index (χ3v) is 6.92. The summed E-state index contributed by atoms with van der Waals surface area (Å²) in [5, 5.41) is 3.27. The highest BCUT2D eigenvalue weighted by Gasteiger charge is 2.23. The fraction of sp³-hybridized carbons (Fsp3) is 0.581. The van der Waals surface area contributed by atoms with Crippen molar-refractivity contribution >= 4 is 6.09 Å². The van der Waals surface area contributed by atoms with Gasteiger partial charge in [0.05, 0.1) is 0 Å². The first-order valence-electron chi connectivity index (χ1n) is 13.4. The number of aryl methyl sites for hydroxylation is 1. The standard InChI is InChI=1S/C31H46N2O2/c1-30(2,3)26-17-13-24(14-18-26)11-8-7-9-22-33(29(34)35-28-12-10-21-32-28)23-25-15-19-27(20-16-25)31(4,5)6/h13-20,28,32H,7-12,21-23H2,1-6H3/t28-/m0/s1. The molecule has 1 aliphatic heterocycles. The minimum absolute atomic E-state index is 0.123. The van der Waals surface area contributed by atoms with E-state index in [1.165, 1.54) is 16.7 Å². The van der Waals surface area contributed by atoms with Gasteiger partial charge in [-0.3, -0.25) is 5.32 Å². The molecule has 1 atom stereocenters. The summed E-state index contributed by atoms with van der Waals surface area (Å²) in [6, 6.07) is 17.7. The molecule has 192 valence electrons. The SMILES string of the molecule is CC(C)(C)c1ccc(CCCCCN(Cc2ccc(C(C)(C)C)cc2)C(=O)O[C@H]2CCCN2)cc1. The van der Waals surface area contributed by atoms with Crippen molar-refractivity contribution in [2.45, 2.75) is 104 Å². The molecule has 1 aliphatic rings. The summed E-state index contributed by atoms with van der Waals surface area (Å²) in [6.07, 6.45) is 5.88. The minimum Gasteiger partial charge on any atom is -0.430 e. The molecule has 0 unspecified atom stereocenters. The van der Waals surface area contributed by atoms with Crippen LogP contribution in [0.1, 0.15) is 95.9 Å². The van der Waals surface area contributed by atoms with Crippen LogP contribution in [0.15, 0.2) is 48.5 Å². The molecule has 1 heterocycles. The highest BCUT2D eigenvalue weighted by molar-refractivity contribution is 5.67. The third-order valence-electron chi connectivity index (χ3n) is 6.92. The fourth-order valence-corrected chi connectivity index (χ4v) is 4.49. The molecule has 0 aliphatic carbocycles. The van der Waals surface area contributed by atoms with Crippen LogP contribution in [0.2, 0.25) is 0 Å². The maximum Gasteiger partial charge on any atom is 0.411 e. The number of hydrogen-bond donors (Lipinski definition) is 1. The van der Waals surface area contributed by atoms with E-state index >= 15 is 0 Å². The first-order chi connectivity index (χ1) is 16.5. The van der Waals surface area contributed by atoms with Gasteiger partial charge in [0, 0.05) is 13.1 Å². The van der Waals surface area contributed by atoms with Gasteiger partial charge in [-0.2, -0.15) is 0 Å². The number of nitrogens with zero attached hydrogens (tertiary/aromatic N) is 1. The lowest BCUT2D eigenvalue weighted by atomic mass is 9.86. The average Bonchev–Trinajstić information content (AvgIpc) is 3.30. The van der Waals surface area contributed by atoms with Gasteiger partial charge in [-0.15, -0.1) is 0 Å². The molecule has 1 amide bonds. The molecule has 2 aromatic rings. The first-order valence-corrected chi connectivity index (χ1v) is 13.4. The molecule has 0 spiro atoms. The van der Waals surface area contributed by atoms with Crippen LogP contribution in [0.5, 0.6) is 0 Å². The topological polar surface area (TPSA) is 41.6 Å².